The van der Waals surface area contributed by atoms with Crippen molar-refractivity contribution in [2.45, 2.75) is 33.1 Å². The van der Waals surface area contributed by atoms with E-state index in [2.05, 4.69) is 24.1 Å². The molecule has 1 unspecified atom stereocenters. The zero-order valence-corrected chi connectivity index (χ0v) is 12.0. The number of aromatic nitrogens is 1. The molecule has 1 aromatic heterocycles. The lowest BCUT2D eigenvalue weighted by Crippen LogP contribution is -2.16. The highest BCUT2D eigenvalue weighted by molar-refractivity contribution is 5.66. The predicted molar refractivity (Wildman–Crippen MR) is 77.3 cm³/mol. The molecule has 0 aromatic carbocycles. The molecule has 0 spiro atoms. The second kappa shape index (κ2) is 8.16. The molecular formula is C15H21N3O2. The van der Waals surface area contributed by atoms with Crippen molar-refractivity contribution in [3.63, 3.8) is 0 Å². The van der Waals surface area contributed by atoms with Crippen LogP contribution in [0.2, 0.25) is 0 Å². The molecule has 20 heavy (non-hydrogen) atoms. The summed E-state index contributed by atoms with van der Waals surface area (Å²) in [7, 11) is 0. The Hall–Kier alpha value is -2.09. The summed E-state index contributed by atoms with van der Waals surface area (Å²) in [5.41, 5.74) is 1.12. The molecule has 1 rings (SSSR count). The van der Waals surface area contributed by atoms with Crippen LogP contribution in [0.15, 0.2) is 18.3 Å². The molecule has 0 bridgehead atoms. The SMILES string of the molecule is CC(C)C(CCNc1cccnc1C#N)CCC(=O)O. The first-order valence-electron chi connectivity index (χ1n) is 6.85. The summed E-state index contributed by atoms with van der Waals surface area (Å²) < 4.78 is 0. The molecule has 0 aliphatic rings. The lowest BCUT2D eigenvalue weighted by atomic mass is 9.88. The summed E-state index contributed by atoms with van der Waals surface area (Å²) in [4.78, 5) is 14.6. The molecule has 0 saturated carbocycles. The Labute approximate surface area is 119 Å². The van der Waals surface area contributed by atoms with Crippen molar-refractivity contribution >= 4 is 11.7 Å². The average molecular weight is 275 g/mol. The average Bonchev–Trinajstić information content (AvgIpc) is 2.42. The van der Waals surface area contributed by atoms with Gasteiger partial charge in [-0.15, -0.1) is 0 Å². The van der Waals surface area contributed by atoms with E-state index in [1.54, 1.807) is 12.3 Å². The van der Waals surface area contributed by atoms with Gasteiger partial charge in [0.25, 0.3) is 0 Å². The maximum absolute atomic E-state index is 10.6. The van der Waals surface area contributed by atoms with Gasteiger partial charge >= 0.3 is 5.97 Å². The van der Waals surface area contributed by atoms with E-state index in [-0.39, 0.29) is 6.42 Å². The van der Waals surface area contributed by atoms with E-state index >= 15 is 0 Å². The zero-order valence-electron chi connectivity index (χ0n) is 12.0. The van der Waals surface area contributed by atoms with Crippen LogP contribution in [0.4, 0.5) is 5.69 Å². The number of carboxylic acids is 1. The molecule has 0 saturated heterocycles. The first kappa shape index (κ1) is 16.0. The third kappa shape index (κ3) is 5.27. The van der Waals surface area contributed by atoms with E-state index < -0.39 is 5.97 Å². The third-order valence-corrected chi connectivity index (χ3v) is 3.42. The van der Waals surface area contributed by atoms with Crippen LogP contribution in [0.1, 0.15) is 38.8 Å². The van der Waals surface area contributed by atoms with Crippen LogP contribution in [-0.2, 0) is 4.79 Å². The second-order valence-electron chi connectivity index (χ2n) is 5.16. The Morgan fingerprint density at radius 2 is 2.25 bits per heavy atom. The summed E-state index contributed by atoms with van der Waals surface area (Å²) in [6.07, 6.45) is 3.37. The highest BCUT2D eigenvalue weighted by atomic mass is 16.4. The molecule has 0 amide bonds. The minimum atomic E-state index is -0.748. The van der Waals surface area contributed by atoms with Gasteiger partial charge in [-0.2, -0.15) is 5.26 Å². The first-order valence-corrected chi connectivity index (χ1v) is 6.85. The monoisotopic (exact) mass is 275 g/mol. The van der Waals surface area contributed by atoms with E-state index in [9.17, 15) is 4.79 Å². The van der Waals surface area contributed by atoms with E-state index in [0.717, 1.165) is 12.1 Å². The van der Waals surface area contributed by atoms with Crippen molar-refractivity contribution in [3.05, 3.63) is 24.0 Å². The number of hydrogen-bond donors (Lipinski definition) is 2. The Morgan fingerprint density at radius 3 is 2.85 bits per heavy atom. The summed E-state index contributed by atoms with van der Waals surface area (Å²) in [6.45, 7) is 4.93. The molecule has 108 valence electrons. The zero-order chi connectivity index (χ0) is 15.0. The van der Waals surface area contributed by atoms with Crippen LogP contribution < -0.4 is 5.32 Å². The van der Waals surface area contributed by atoms with Gasteiger partial charge in [0.15, 0.2) is 5.69 Å². The number of nitriles is 1. The molecular weight excluding hydrogens is 254 g/mol. The molecule has 2 N–H and O–H groups in total. The number of nitrogens with one attached hydrogen (secondary N) is 1. The molecule has 0 aliphatic carbocycles. The molecule has 1 aromatic rings. The largest absolute Gasteiger partial charge is 0.481 e. The Kier molecular flexibility index (Phi) is 6.51. The van der Waals surface area contributed by atoms with Gasteiger partial charge in [0.05, 0.1) is 5.69 Å². The summed E-state index contributed by atoms with van der Waals surface area (Å²) in [5.74, 6) is 0.0592. The standard InChI is InChI=1S/C15H21N3O2/c1-11(2)12(5-6-15(19)20)7-9-18-13-4-3-8-17-14(13)10-16/h3-4,8,11-12,18H,5-7,9H2,1-2H3,(H,19,20). The van der Waals surface area contributed by atoms with Crippen molar-refractivity contribution in [1.82, 2.24) is 4.98 Å². The van der Waals surface area contributed by atoms with Gasteiger partial charge in [-0.3, -0.25) is 4.79 Å². The van der Waals surface area contributed by atoms with Crippen molar-refractivity contribution in [1.29, 1.82) is 5.26 Å². The third-order valence-electron chi connectivity index (χ3n) is 3.42. The molecule has 5 heteroatoms. The van der Waals surface area contributed by atoms with Crippen molar-refractivity contribution in [2.75, 3.05) is 11.9 Å². The Bertz CT molecular complexity index is 480. The van der Waals surface area contributed by atoms with E-state index in [1.807, 2.05) is 12.1 Å². The molecule has 1 atom stereocenters. The quantitative estimate of drug-likeness (QED) is 0.761. The fraction of sp³-hybridized carbons (Fsp3) is 0.533. The molecule has 0 aliphatic heterocycles. The van der Waals surface area contributed by atoms with Gasteiger partial charge < -0.3 is 10.4 Å². The Morgan fingerprint density at radius 1 is 1.50 bits per heavy atom. The number of pyridine rings is 1. The highest BCUT2D eigenvalue weighted by Gasteiger charge is 2.15. The van der Waals surface area contributed by atoms with Gasteiger partial charge in [0, 0.05) is 19.2 Å². The van der Waals surface area contributed by atoms with Crippen molar-refractivity contribution in [2.24, 2.45) is 11.8 Å². The fourth-order valence-corrected chi connectivity index (χ4v) is 2.15. The minimum absolute atomic E-state index is 0.208. The summed E-state index contributed by atoms with van der Waals surface area (Å²) in [5, 5.41) is 20.9. The summed E-state index contributed by atoms with van der Waals surface area (Å²) in [6, 6.07) is 5.66. The van der Waals surface area contributed by atoms with Crippen LogP contribution in [-0.4, -0.2) is 22.6 Å². The number of nitrogens with zero attached hydrogens (tertiary/aromatic N) is 2. The second-order valence-corrected chi connectivity index (χ2v) is 5.16. The van der Waals surface area contributed by atoms with Crippen LogP contribution in [0.5, 0.6) is 0 Å². The van der Waals surface area contributed by atoms with E-state index in [0.29, 0.717) is 30.5 Å². The maximum atomic E-state index is 10.6. The van der Waals surface area contributed by atoms with Gasteiger partial charge in [0.2, 0.25) is 0 Å². The smallest absolute Gasteiger partial charge is 0.303 e. The number of anilines is 1. The number of carbonyl (C=O) groups is 1. The number of carboxylic acid groups (broad SMARTS) is 1. The Balaban J connectivity index is 2.48. The van der Waals surface area contributed by atoms with Crippen molar-refractivity contribution < 1.29 is 9.90 Å². The number of rotatable bonds is 8. The molecule has 5 nitrogen and oxygen atoms in total. The fourth-order valence-electron chi connectivity index (χ4n) is 2.15. The number of aliphatic carboxylic acids is 1. The highest BCUT2D eigenvalue weighted by Crippen LogP contribution is 2.21. The van der Waals surface area contributed by atoms with Gasteiger partial charge in [-0.1, -0.05) is 13.8 Å². The van der Waals surface area contributed by atoms with Crippen LogP contribution in [0, 0.1) is 23.2 Å². The van der Waals surface area contributed by atoms with E-state index in [4.69, 9.17) is 10.4 Å². The molecule has 1 heterocycles. The van der Waals surface area contributed by atoms with Crippen LogP contribution in [0.3, 0.4) is 0 Å². The van der Waals surface area contributed by atoms with Gasteiger partial charge in [0.1, 0.15) is 6.07 Å². The predicted octanol–water partition coefficient (Wildman–Crippen LogP) is 2.89. The lowest BCUT2D eigenvalue weighted by Gasteiger charge is -2.20. The lowest BCUT2D eigenvalue weighted by molar-refractivity contribution is -0.137. The van der Waals surface area contributed by atoms with Crippen LogP contribution >= 0.6 is 0 Å². The van der Waals surface area contributed by atoms with Gasteiger partial charge in [-0.25, -0.2) is 4.98 Å². The normalized spacial score (nSPS) is 11.9. The van der Waals surface area contributed by atoms with Crippen LogP contribution in [0.25, 0.3) is 0 Å². The minimum Gasteiger partial charge on any atom is -0.481 e. The topological polar surface area (TPSA) is 86.0 Å². The molecule has 0 radical (unpaired) electrons. The maximum Gasteiger partial charge on any atom is 0.303 e. The van der Waals surface area contributed by atoms with Crippen molar-refractivity contribution in [3.8, 4) is 6.07 Å². The van der Waals surface area contributed by atoms with Gasteiger partial charge in [-0.05, 0) is 36.8 Å². The van der Waals surface area contributed by atoms with E-state index in [1.165, 1.54) is 0 Å². The summed E-state index contributed by atoms with van der Waals surface area (Å²) >= 11 is 0. The first-order chi connectivity index (χ1) is 9.54. The number of hydrogen-bond acceptors (Lipinski definition) is 4. The molecule has 0 fully saturated rings.